The van der Waals surface area contributed by atoms with Crippen molar-refractivity contribution in [3.8, 4) is 0 Å². The van der Waals surface area contributed by atoms with Gasteiger partial charge in [0.05, 0.1) is 5.69 Å². The van der Waals surface area contributed by atoms with Crippen molar-refractivity contribution in [2.75, 3.05) is 4.90 Å². The van der Waals surface area contributed by atoms with E-state index in [2.05, 4.69) is 5.32 Å². The Bertz CT molecular complexity index is 999. The zero-order chi connectivity index (χ0) is 21.3. The standard InChI is InChI=1S/C22H21FN2O4S/c23-14-8-9-17-16(11-14)19(18(26)12-15-7-4-10-30-15)21(28)25(17)22(29)24-20(27)13-5-2-1-3-6-13/h4,7-11,13,19H,1-3,5-6,12H2,(H,24,27,29). The van der Waals surface area contributed by atoms with Crippen molar-refractivity contribution in [1.82, 2.24) is 5.32 Å². The number of hydrogen-bond acceptors (Lipinski definition) is 5. The summed E-state index contributed by atoms with van der Waals surface area (Å²) >= 11 is 1.38. The number of nitrogens with one attached hydrogen (secondary N) is 1. The van der Waals surface area contributed by atoms with E-state index >= 15 is 0 Å². The Balaban J connectivity index is 1.58. The molecule has 1 atom stereocenters. The van der Waals surface area contributed by atoms with Gasteiger partial charge in [-0.05, 0) is 48.1 Å². The maximum atomic E-state index is 13.9. The number of halogens is 1. The minimum atomic E-state index is -1.27. The van der Waals surface area contributed by atoms with Crippen LogP contribution in [0.5, 0.6) is 0 Å². The lowest BCUT2D eigenvalue weighted by Gasteiger charge is -2.22. The van der Waals surface area contributed by atoms with E-state index in [1.54, 1.807) is 12.1 Å². The predicted octanol–water partition coefficient (Wildman–Crippen LogP) is 3.95. The number of ketones is 1. The van der Waals surface area contributed by atoms with Crippen LogP contribution in [0.3, 0.4) is 0 Å². The molecule has 1 aliphatic carbocycles. The van der Waals surface area contributed by atoms with Crippen LogP contribution in [0.15, 0.2) is 35.7 Å². The van der Waals surface area contributed by atoms with Crippen LogP contribution in [0.4, 0.5) is 14.9 Å². The number of hydrogen-bond donors (Lipinski definition) is 1. The molecule has 1 saturated carbocycles. The van der Waals surface area contributed by atoms with Crippen LogP contribution in [-0.4, -0.2) is 23.6 Å². The average molecular weight is 428 g/mol. The molecule has 6 nitrogen and oxygen atoms in total. The van der Waals surface area contributed by atoms with Crippen molar-refractivity contribution in [2.45, 2.75) is 44.4 Å². The highest BCUT2D eigenvalue weighted by atomic mass is 32.1. The number of carbonyl (C=O) groups is 4. The number of imide groups is 2. The number of nitrogens with zero attached hydrogens (tertiary/aromatic N) is 1. The third-order valence-corrected chi connectivity index (χ3v) is 6.54. The third-order valence-electron chi connectivity index (χ3n) is 5.67. The Morgan fingerprint density at radius 3 is 2.60 bits per heavy atom. The van der Waals surface area contributed by atoms with Crippen molar-refractivity contribution < 1.29 is 23.6 Å². The Hall–Kier alpha value is -2.87. The second-order valence-electron chi connectivity index (χ2n) is 7.66. The Labute approximate surface area is 177 Å². The van der Waals surface area contributed by atoms with Crippen molar-refractivity contribution in [1.29, 1.82) is 0 Å². The van der Waals surface area contributed by atoms with Gasteiger partial charge < -0.3 is 0 Å². The number of carbonyl (C=O) groups excluding carboxylic acids is 4. The summed E-state index contributed by atoms with van der Waals surface area (Å²) in [6.45, 7) is 0. The van der Waals surface area contributed by atoms with E-state index in [1.807, 2.05) is 5.38 Å². The molecule has 1 aliphatic heterocycles. The molecule has 2 aliphatic rings. The van der Waals surface area contributed by atoms with Crippen molar-refractivity contribution in [2.24, 2.45) is 5.92 Å². The zero-order valence-corrected chi connectivity index (χ0v) is 17.0. The number of rotatable bonds is 4. The highest BCUT2D eigenvalue weighted by molar-refractivity contribution is 7.10. The summed E-state index contributed by atoms with van der Waals surface area (Å²) in [5, 5.41) is 4.13. The summed E-state index contributed by atoms with van der Waals surface area (Å²) in [5.74, 6) is -3.72. The van der Waals surface area contributed by atoms with E-state index < -0.39 is 35.4 Å². The van der Waals surface area contributed by atoms with Crippen LogP contribution in [0.25, 0.3) is 0 Å². The molecular weight excluding hydrogens is 407 g/mol. The van der Waals surface area contributed by atoms with Crippen LogP contribution < -0.4 is 10.2 Å². The minimum Gasteiger partial charge on any atom is -0.298 e. The lowest BCUT2D eigenvalue weighted by atomic mass is 9.89. The fourth-order valence-corrected chi connectivity index (χ4v) is 4.89. The van der Waals surface area contributed by atoms with Gasteiger partial charge in [-0.15, -0.1) is 11.3 Å². The molecule has 8 heteroatoms. The number of Topliss-reactive ketones (excluding diaryl/α,β-unsaturated/α-hetero) is 1. The monoisotopic (exact) mass is 428 g/mol. The van der Waals surface area contributed by atoms with Gasteiger partial charge in [-0.25, -0.2) is 14.1 Å². The first kappa shape index (κ1) is 20.4. The predicted molar refractivity (Wildman–Crippen MR) is 110 cm³/mol. The molecule has 0 radical (unpaired) electrons. The summed E-state index contributed by atoms with van der Waals surface area (Å²) in [7, 11) is 0. The lowest BCUT2D eigenvalue weighted by Crippen LogP contribution is -2.47. The minimum absolute atomic E-state index is 0.0144. The van der Waals surface area contributed by atoms with Crippen molar-refractivity contribution in [3.63, 3.8) is 0 Å². The van der Waals surface area contributed by atoms with Crippen molar-refractivity contribution >= 4 is 40.7 Å². The topological polar surface area (TPSA) is 83.6 Å². The largest absolute Gasteiger partial charge is 0.335 e. The number of urea groups is 1. The number of anilines is 1. The van der Waals surface area contributed by atoms with Gasteiger partial charge in [0, 0.05) is 17.2 Å². The molecule has 1 N–H and O–H groups in total. The van der Waals surface area contributed by atoms with Gasteiger partial charge in [0.15, 0.2) is 5.78 Å². The first-order valence-corrected chi connectivity index (χ1v) is 10.9. The van der Waals surface area contributed by atoms with Crippen LogP contribution >= 0.6 is 11.3 Å². The first-order chi connectivity index (χ1) is 14.5. The third kappa shape index (κ3) is 3.92. The molecule has 4 amide bonds. The maximum Gasteiger partial charge on any atom is 0.335 e. The summed E-state index contributed by atoms with van der Waals surface area (Å²) in [5.41, 5.74) is 0.293. The van der Waals surface area contributed by atoms with E-state index in [4.69, 9.17) is 0 Å². The summed E-state index contributed by atoms with van der Waals surface area (Å²) in [4.78, 5) is 52.8. The van der Waals surface area contributed by atoms with Gasteiger partial charge in [0.1, 0.15) is 11.7 Å². The van der Waals surface area contributed by atoms with Crippen LogP contribution in [-0.2, 0) is 20.8 Å². The summed E-state index contributed by atoms with van der Waals surface area (Å²) < 4.78 is 13.9. The number of benzene rings is 1. The molecule has 1 aromatic carbocycles. The lowest BCUT2D eigenvalue weighted by molar-refractivity contribution is -0.127. The Kier molecular flexibility index (Phi) is 5.76. The fraction of sp³-hybridized carbons (Fsp3) is 0.364. The molecule has 2 heterocycles. The second-order valence-corrected chi connectivity index (χ2v) is 8.69. The van der Waals surface area contributed by atoms with Crippen molar-refractivity contribution in [3.05, 3.63) is 52.0 Å². The zero-order valence-electron chi connectivity index (χ0n) is 16.2. The van der Waals surface area contributed by atoms with E-state index in [-0.39, 0.29) is 23.6 Å². The summed E-state index contributed by atoms with van der Waals surface area (Å²) in [6.07, 6.45) is 4.34. The molecule has 0 spiro atoms. The molecule has 0 saturated heterocycles. The quantitative estimate of drug-likeness (QED) is 0.748. The van der Waals surface area contributed by atoms with Gasteiger partial charge in [0.25, 0.3) is 0 Å². The van der Waals surface area contributed by atoms with E-state index in [9.17, 15) is 23.6 Å². The van der Waals surface area contributed by atoms with Gasteiger partial charge in [-0.3, -0.25) is 19.7 Å². The molecule has 1 unspecified atom stereocenters. The van der Waals surface area contributed by atoms with Gasteiger partial charge in [0.2, 0.25) is 11.8 Å². The second kappa shape index (κ2) is 8.47. The fourth-order valence-electron chi connectivity index (χ4n) is 4.18. The molecule has 156 valence electrons. The molecule has 2 aromatic rings. The van der Waals surface area contributed by atoms with Gasteiger partial charge in [-0.1, -0.05) is 25.3 Å². The molecular formula is C22H21FN2O4S. The smallest absolute Gasteiger partial charge is 0.298 e. The average Bonchev–Trinajstić information content (AvgIpc) is 3.33. The van der Waals surface area contributed by atoms with Crippen LogP contribution in [0, 0.1) is 11.7 Å². The SMILES string of the molecule is O=C(NC(=O)N1C(=O)C(C(=O)Cc2cccs2)c2cc(F)ccc21)C1CCCCC1. The first-order valence-electron chi connectivity index (χ1n) is 9.99. The maximum absolute atomic E-state index is 13.9. The van der Waals surface area contributed by atoms with E-state index in [0.717, 1.165) is 41.2 Å². The Morgan fingerprint density at radius 2 is 1.90 bits per heavy atom. The normalized spacial score (nSPS) is 18.9. The Morgan fingerprint density at radius 1 is 1.13 bits per heavy atom. The number of amides is 4. The highest BCUT2D eigenvalue weighted by Gasteiger charge is 2.45. The number of fused-ring (bicyclic) bond motifs is 1. The molecule has 1 fully saturated rings. The van der Waals surface area contributed by atoms with E-state index in [0.29, 0.717) is 12.8 Å². The molecule has 4 rings (SSSR count). The van der Waals surface area contributed by atoms with Crippen LogP contribution in [0.1, 0.15) is 48.5 Å². The van der Waals surface area contributed by atoms with E-state index in [1.165, 1.54) is 17.4 Å². The highest BCUT2D eigenvalue weighted by Crippen LogP contribution is 2.39. The van der Waals surface area contributed by atoms with Gasteiger partial charge in [-0.2, -0.15) is 0 Å². The molecule has 1 aromatic heterocycles. The summed E-state index contributed by atoms with van der Waals surface area (Å²) in [6, 6.07) is 6.22. The molecule has 0 bridgehead atoms. The molecule has 30 heavy (non-hydrogen) atoms. The van der Waals surface area contributed by atoms with Crippen LogP contribution in [0.2, 0.25) is 0 Å². The van der Waals surface area contributed by atoms with Gasteiger partial charge >= 0.3 is 6.03 Å². The number of thiophene rings is 1.